The zero-order valence-corrected chi connectivity index (χ0v) is 14.8. The third kappa shape index (κ3) is 4.91. The molecule has 1 heterocycles. The smallest absolute Gasteiger partial charge is 0.252 e. The summed E-state index contributed by atoms with van der Waals surface area (Å²) in [6.45, 7) is 1.89. The molecule has 0 aromatic heterocycles. The normalized spacial score (nSPS) is 16.5. The summed E-state index contributed by atoms with van der Waals surface area (Å²) < 4.78 is 0. The van der Waals surface area contributed by atoms with Crippen LogP contribution in [0.3, 0.4) is 0 Å². The van der Waals surface area contributed by atoms with Crippen molar-refractivity contribution in [1.29, 1.82) is 0 Å². The third-order valence-corrected chi connectivity index (χ3v) is 3.89. The summed E-state index contributed by atoms with van der Waals surface area (Å²) in [6, 6.07) is 15.8. The van der Waals surface area contributed by atoms with Crippen LogP contribution in [0.25, 0.3) is 0 Å². The number of carbonyl (C=O) groups is 2. The van der Waals surface area contributed by atoms with Gasteiger partial charge in [0.1, 0.15) is 6.04 Å². The average Bonchev–Trinajstić information content (AvgIpc) is 2.96. The molecule has 0 fully saturated rings. The SMILES string of the molecule is Cc1ccccc1NC(=O)CC1N=C(/N=C(\N)Nc2ccccc2)NC1=O. The van der Waals surface area contributed by atoms with Gasteiger partial charge in [-0.05, 0) is 30.7 Å². The molecule has 0 bridgehead atoms. The molecule has 0 spiro atoms. The molecule has 1 aliphatic rings. The molecule has 2 aromatic rings. The summed E-state index contributed by atoms with van der Waals surface area (Å²) in [6.07, 6.45) is -0.0782. The highest BCUT2D eigenvalue weighted by atomic mass is 16.2. The third-order valence-electron chi connectivity index (χ3n) is 3.89. The second-order valence-electron chi connectivity index (χ2n) is 6.01. The van der Waals surface area contributed by atoms with Crippen LogP contribution in [-0.4, -0.2) is 29.8 Å². The molecular weight excluding hydrogens is 344 g/mol. The van der Waals surface area contributed by atoms with Gasteiger partial charge in [0, 0.05) is 11.4 Å². The molecule has 1 aliphatic heterocycles. The van der Waals surface area contributed by atoms with E-state index in [1.165, 1.54) is 0 Å². The monoisotopic (exact) mass is 364 g/mol. The first-order valence-electron chi connectivity index (χ1n) is 8.41. The van der Waals surface area contributed by atoms with Crippen LogP contribution < -0.4 is 21.7 Å². The molecule has 8 nitrogen and oxygen atoms in total. The van der Waals surface area contributed by atoms with Crippen molar-refractivity contribution in [3.8, 4) is 0 Å². The van der Waals surface area contributed by atoms with Gasteiger partial charge in [0.2, 0.25) is 17.8 Å². The molecule has 0 radical (unpaired) electrons. The predicted molar refractivity (Wildman–Crippen MR) is 105 cm³/mol. The first kappa shape index (κ1) is 18.1. The van der Waals surface area contributed by atoms with E-state index in [0.29, 0.717) is 5.69 Å². The summed E-state index contributed by atoms with van der Waals surface area (Å²) >= 11 is 0. The zero-order chi connectivity index (χ0) is 19.2. The minimum Gasteiger partial charge on any atom is -0.369 e. The van der Waals surface area contributed by atoms with Gasteiger partial charge in [-0.2, -0.15) is 4.99 Å². The minimum absolute atomic E-state index is 0.0782. The van der Waals surface area contributed by atoms with Gasteiger partial charge in [-0.25, -0.2) is 4.99 Å². The van der Waals surface area contributed by atoms with Crippen molar-refractivity contribution in [3.63, 3.8) is 0 Å². The van der Waals surface area contributed by atoms with E-state index < -0.39 is 6.04 Å². The average molecular weight is 364 g/mol. The quantitative estimate of drug-likeness (QED) is 0.486. The summed E-state index contributed by atoms with van der Waals surface area (Å²) in [7, 11) is 0. The molecule has 0 saturated heterocycles. The van der Waals surface area contributed by atoms with Crippen molar-refractivity contribution in [3.05, 3.63) is 60.2 Å². The van der Waals surface area contributed by atoms with Gasteiger partial charge in [0.25, 0.3) is 5.91 Å². The standard InChI is InChI=1S/C19H20N6O2/c1-12-7-5-6-10-14(12)22-16(26)11-15-17(27)24-19(23-15)25-18(20)21-13-8-3-2-4-9-13/h2-10,15H,11H2,1H3,(H,22,26)(H4,20,21,23,24,25,27). The van der Waals surface area contributed by atoms with E-state index in [9.17, 15) is 9.59 Å². The number of para-hydroxylation sites is 2. The minimum atomic E-state index is -0.836. The molecule has 0 aliphatic carbocycles. The summed E-state index contributed by atoms with van der Waals surface area (Å²) in [4.78, 5) is 32.4. The summed E-state index contributed by atoms with van der Waals surface area (Å²) in [5.41, 5.74) is 8.23. The van der Waals surface area contributed by atoms with E-state index in [-0.39, 0.29) is 30.2 Å². The van der Waals surface area contributed by atoms with E-state index in [2.05, 4.69) is 25.9 Å². The molecule has 138 valence electrons. The van der Waals surface area contributed by atoms with Crippen LogP contribution >= 0.6 is 0 Å². The number of nitrogens with two attached hydrogens (primary N) is 1. The lowest BCUT2D eigenvalue weighted by molar-refractivity contribution is -0.123. The number of aliphatic imine (C=N–C) groups is 2. The highest BCUT2D eigenvalue weighted by Crippen LogP contribution is 2.15. The topological polar surface area (TPSA) is 121 Å². The Bertz CT molecular complexity index is 907. The Kier molecular flexibility index (Phi) is 5.46. The van der Waals surface area contributed by atoms with E-state index in [4.69, 9.17) is 5.73 Å². The van der Waals surface area contributed by atoms with E-state index in [0.717, 1.165) is 11.3 Å². The summed E-state index contributed by atoms with van der Waals surface area (Å²) in [5.74, 6) is -0.519. The van der Waals surface area contributed by atoms with Gasteiger partial charge < -0.3 is 16.4 Å². The van der Waals surface area contributed by atoms with Gasteiger partial charge in [-0.3, -0.25) is 14.9 Å². The number of benzene rings is 2. The predicted octanol–water partition coefficient (Wildman–Crippen LogP) is 1.60. The molecule has 2 aromatic carbocycles. The molecule has 2 amide bonds. The number of hydrogen-bond donors (Lipinski definition) is 4. The highest BCUT2D eigenvalue weighted by Gasteiger charge is 2.28. The van der Waals surface area contributed by atoms with Crippen LogP contribution in [0.15, 0.2) is 64.6 Å². The Hall–Kier alpha value is -3.68. The van der Waals surface area contributed by atoms with Crippen molar-refractivity contribution in [2.75, 3.05) is 10.6 Å². The Morgan fingerprint density at radius 3 is 2.59 bits per heavy atom. The van der Waals surface area contributed by atoms with Crippen molar-refractivity contribution in [2.24, 2.45) is 15.7 Å². The van der Waals surface area contributed by atoms with Gasteiger partial charge in [-0.15, -0.1) is 0 Å². The van der Waals surface area contributed by atoms with Gasteiger partial charge in [-0.1, -0.05) is 36.4 Å². The van der Waals surface area contributed by atoms with Crippen molar-refractivity contribution in [1.82, 2.24) is 5.32 Å². The molecule has 1 unspecified atom stereocenters. The number of anilines is 2. The van der Waals surface area contributed by atoms with Gasteiger partial charge >= 0.3 is 0 Å². The fourth-order valence-corrected chi connectivity index (χ4v) is 2.53. The number of aryl methyl sites for hydroxylation is 1. The highest BCUT2D eigenvalue weighted by molar-refractivity contribution is 6.11. The maximum Gasteiger partial charge on any atom is 0.252 e. The molecule has 1 atom stereocenters. The number of guanidine groups is 2. The van der Waals surface area contributed by atoms with Crippen LogP contribution in [0, 0.1) is 6.92 Å². The van der Waals surface area contributed by atoms with Crippen molar-refractivity contribution in [2.45, 2.75) is 19.4 Å². The van der Waals surface area contributed by atoms with Crippen molar-refractivity contribution < 1.29 is 9.59 Å². The van der Waals surface area contributed by atoms with E-state index in [1.54, 1.807) is 6.07 Å². The molecule has 0 saturated carbocycles. The lowest BCUT2D eigenvalue weighted by atomic mass is 10.1. The van der Waals surface area contributed by atoms with Gasteiger partial charge in [0.05, 0.1) is 6.42 Å². The number of nitrogens with zero attached hydrogens (tertiary/aromatic N) is 2. The molecule has 27 heavy (non-hydrogen) atoms. The van der Waals surface area contributed by atoms with Crippen LogP contribution in [0.1, 0.15) is 12.0 Å². The zero-order valence-electron chi connectivity index (χ0n) is 14.8. The Morgan fingerprint density at radius 1 is 1.15 bits per heavy atom. The number of nitrogens with one attached hydrogen (secondary N) is 3. The van der Waals surface area contributed by atoms with Crippen molar-refractivity contribution >= 4 is 35.1 Å². The van der Waals surface area contributed by atoms with E-state index in [1.807, 2.05) is 55.5 Å². The number of rotatable bonds is 4. The van der Waals surface area contributed by atoms with Gasteiger partial charge in [0.15, 0.2) is 0 Å². The number of hydrogen-bond acceptors (Lipinski definition) is 4. The Labute approximate surface area is 156 Å². The van der Waals surface area contributed by atoms with Crippen LogP contribution in [0.5, 0.6) is 0 Å². The van der Waals surface area contributed by atoms with Crippen LogP contribution in [-0.2, 0) is 9.59 Å². The van der Waals surface area contributed by atoms with Crippen LogP contribution in [0.2, 0.25) is 0 Å². The second-order valence-corrected chi connectivity index (χ2v) is 6.01. The maximum absolute atomic E-state index is 12.2. The molecule has 5 N–H and O–H groups in total. The molecule has 8 heteroatoms. The summed E-state index contributed by atoms with van der Waals surface area (Å²) in [5, 5.41) is 8.20. The van der Waals surface area contributed by atoms with Crippen LogP contribution in [0.4, 0.5) is 11.4 Å². The maximum atomic E-state index is 12.2. The van der Waals surface area contributed by atoms with E-state index >= 15 is 0 Å². The molecular formula is C19H20N6O2. The fraction of sp³-hybridized carbons (Fsp3) is 0.158. The number of carbonyl (C=O) groups excluding carboxylic acids is 2. The Morgan fingerprint density at radius 2 is 1.85 bits per heavy atom. The molecule has 3 rings (SSSR count). The first-order chi connectivity index (χ1) is 13.0. The first-order valence-corrected chi connectivity index (χ1v) is 8.41. The fourth-order valence-electron chi connectivity index (χ4n) is 2.53. The Balaban J connectivity index is 1.61. The largest absolute Gasteiger partial charge is 0.369 e. The number of amides is 2. The lowest BCUT2D eigenvalue weighted by Gasteiger charge is -2.09. The second kappa shape index (κ2) is 8.13. The lowest BCUT2D eigenvalue weighted by Crippen LogP contribution is -2.32.